The number of benzene rings is 2. The number of amides is 1. The molecule has 4 aliphatic rings. The van der Waals surface area contributed by atoms with Crippen LogP contribution in [0, 0.1) is 22.0 Å². The van der Waals surface area contributed by atoms with Gasteiger partial charge in [-0.15, -0.1) is 0 Å². The monoisotopic (exact) mass is 749 g/mol. The standard InChI is InChI=1S/C37H36ClN3O12/c1-17-9-25(43)30(34(45)37(17)35(46)31-27(51-3)13-28(52-4)32(38)33(31)53-37)21(19-5-8-24(42)26(11-19)50-2)12-29(44)39-14-18-10-20(16-39)22-6-7-23(41(48)49)36(47)40(22)15-18/h5-8,11,13,17-18,20-21,42,45H,9-10,12,14-16H2,1-4H3/t17-,18?,20?,21?,37+/m1/s1. The van der Waals surface area contributed by atoms with E-state index in [1.165, 1.54) is 56.2 Å². The Kier molecular flexibility index (Phi) is 8.87. The van der Waals surface area contributed by atoms with Gasteiger partial charge in [-0.05, 0) is 36.1 Å². The summed E-state index contributed by atoms with van der Waals surface area (Å²) in [6, 6.07) is 8.48. The van der Waals surface area contributed by atoms with Gasteiger partial charge >= 0.3 is 11.2 Å². The molecule has 53 heavy (non-hydrogen) atoms. The second kappa shape index (κ2) is 13.1. The first-order chi connectivity index (χ1) is 25.2. The average molecular weight is 750 g/mol. The minimum atomic E-state index is -2.10. The number of aliphatic hydroxyl groups excluding tert-OH is 1. The normalized spacial score (nSPS) is 23.6. The fourth-order valence-corrected chi connectivity index (χ4v) is 8.68. The lowest BCUT2D eigenvalue weighted by Gasteiger charge is -2.43. The Bertz CT molecular complexity index is 2200. The number of pyridine rings is 1. The van der Waals surface area contributed by atoms with Gasteiger partial charge < -0.3 is 38.6 Å². The number of phenolic OH excluding ortho intramolecular Hbond substituents is 1. The van der Waals surface area contributed by atoms with E-state index in [2.05, 4.69) is 0 Å². The maximum Gasteiger partial charge on any atom is 0.334 e. The number of hydrogen-bond donors (Lipinski definition) is 2. The summed E-state index contributed by atoms with van der Waals surface area (Å²) >= 11 is 6.62. The number of Topliss-reactive ketones (excluding diaryl/α,β-unsaturated/α-hetero) is 2. The molecule has 0 saturated carbocycles. The van der Waals surface area contributed by atoms with Gasteiger partial charge in [0.05, 0.1) is 26.3 Å². The van der Waals surface area contributed by atoms with E-state index in [4.69, 9.17) is 30.5 Å². The predicted octanol–water partition coefficient (Wildman–Crippen LogP) is 4.70. The predicted molar refractivity (Wildman–Crippen MR) is 187 cm³/mol. The number of nitrogens with zero attached hydrogens (tertiary/aromatic N) is 3. The van der Waals surface area contributed by atoms with Crippen LogP contribution in [0.5, 0.6) is 28.7 Å². The number of phenols is 1. The lowest BCUT2D eigenvalue weighted by Crippen LogP contribution is -2.53. The number of aromatic hydroxyl groups is 1. The molecular formula is C37H36ClN3O12. The highest BCUT2D eigenvalue weighted by atomic mass is 35.5. The molecule has 15 nitrogen and oxygen atoms in total. The molecule has 278 valence electrons. The summed E-state index contributed by atoms with van der Waals surface area (Å²) < 4.78 is 23.9. The van der Waals surface area contributed by atoms with Crippen LogP contribution < -0.4 is 24.5 Å². The molecule has 3 unspecified atom stereocenters. The van der Waals surface area contributed by atoms with Crippen LogP contribution in [0.2, 0.25) is 5.02 Å². The van der Waals surface area contributed by atoms with E-state index >= 15 is 0 Å². The first-order valence-corrected chi connectivity index (χ1v) is 17.3. The number of fused-ring (bicyclic) bond motifs is 5. The van der Waals surface area contributed by atoms with Crippen LogP contribution in [0.3, 0.4) is 0 Å². The van der Waals surface area contributed by atoms with Crippen molar-refractivity contribution in [2.45, 2.75) is 50.2 Å². The Labute approximate surface area is 307 Å². The van der Waals surface area contributed by atoms with Crippen molar-refractivity contribution in [3.63, 3.8) is 0 Å². The second-order valence-corrected chi connectivity index (χ2v) is 14.2. The number of ether oxygens (including phenoxy) is 4. The minimum absolute atomic E-state index is 0.0314. The number of aliphatic hydroxyl groups is 1. The zero-order chi connectivity index (χ0) is 38.1. The molecule has 1 aliphatic carbocycles. The number of halogens is 1. The van der Waals surface area contributed by atoms with Crippen molar-refractivity contribution >= 4 is 34.8 Å². The fourth-order valence-electron chi connectivity index (χ4n) is 8.42. The summed E-state index contributed by atoms with van der Waals surface area (Å²) in [7, 11) is 4.08. The minimum Gasteiger partial charge on any atom is -0.507 e. The van der Waals surface area contributed by atoms with Crippen LogP contribution in [0.4, 0.5) is 5.69 Å². The van der Waals surface area contributed by atoms with Gasteiger partial charge in [0.1, 0.15) is 22.1 Å². The van der Waals surface area contributed by atoms with Crippen molar-refractivity contribution in [1.82, 2.24) is 9.47 Å². The van der Waals surface area contributed by atoms with Crippen LogP contribution >= 0.6 is 11.6 Å². The van der Waals surface area contributed by atoms with Crippen LogP contribution in [-0.4, -0.2) is 82.1 Å². The number of methoxy groups -OCH3 is 3. The Balaban J connectivity index is 1.30. The Morgan fingerprint density at radius 3 is 2.43 bits per heavy atom. The molecule has 2 N–H and O–H groups in total. The maximum atomic E-state index is 14.4. The molecule has 16 heteroatoms. The molecule has 3 aromatic rings. The molecule has 1 aromatic heterocycles. The molecule has 3 aliphatic heterocycles. The molecular weight excluding hydrogens is 714 g/mol. The van der Waals surface area contributed by atoms with Gasteiger partial charge in [-0.3, -0.25) is 29.3 Å². The topological polar surface area (TPSA) is 197 Å². The molecule has 1 spiro atoms. The SMILES string of the molecule is COc1cc(C(CC(=O)N2CC3CC(C2)c2ccc([N+](=O)[O-])c(=O)n2C3)C2=C(O)[C@@]3(Oc4c(Cl)c(OC)cc(OC)c4C3=O)[C@H](C)CC2=O)ccc1O. The number of ketones is 2. The van der Waals surface area contributed by atoms with Gasteiger partial charge in [-0.1, -0.05) is 24.6 Å². The molecule has 0 radical (unpaired) electrons. The summed E-state index contributed by atoms with van der Waals surface area (Å²) in [6.07, 6.45) is 0.0952. The highest BCUT2D eigenvalue weighted by molar-refractivity contribution is 6.35. The molecule has 4 heterocycles. The van der Waals surface area contributed by atoms with Crippen molar-refractivity contribution in [2.24, 2.45) is 11.8 Å². The van der Waals surface area contributed by atoms with Crippen molar-refractivity contribution in [3.05, 3.63) is 90.0 Å². The maximum absolute atomic E-state index is 14.4. The summed E-state index contributed by atoms with van der Waals surface area (Å²) in [5.41, 5.74) is -2.61. The smallest absolute Gasteiger partial charge is 0.334 e. The van der Waals surface area contributed by atoms with Gasteiger partial charge in [0, 0.05) is 73.6 Å². The Morgan fingerprint density at radius 1 is 1.04 bits per heavy atom. The van der Waals surface area contributed by atoms with E-state index in [1.807, 2.05) is 0 Å². The number of carbonyl (C=O) groups excluding carboxylic acids is 3. The van der Waals surface area contributed by atoms with Crippen LogP contribution in [-0.2, 0) is 16.1 Å². The van der Waals surface area contributed by atoms with Crippen molar-refractivity contribution < 1.29 is 48.5 Å². The number of likely N-dealkylation sites (tertiary alicyclic amines) is 1. The summed E-state index contributed by atoms with van der Waals surface area (Å²) in [6.45, 7) is 2.23. The Hall–Kier alpha value is -5.57. The second-order valence-electron chi connectivity index (χ2n) is 13.9. The van der Waals surface area contributed by atoms with E-state index in [0.29, 0.717) is 17.7 Å². The zero-order valence-corrected chi connectivity index (χ0v) is 30.0. The van der Waals surface area contributed by atoms with Gasteiger partial charge in [0.2, 0.25) is 17.3 Å². The van der Waals surface area contributed by atoms with Crippen molar-refractivity contribution in [1.29, 1.82) is 0 Å². The number of carbonyl (C=O) groups is 3. The number of nitro groups is 1. The molecule has 2 aromatic carbocycles. The van der Waals surface area contributed by atoms with E-state index in [-0.39, 0.29) is 95.1 Å². The highest BCUT2D eigenvalue weighted by Crippen LogP contribution is 2.56. The third-order valence-electron chi connectivity index (χ3n) is 11.0. The summed E-state index contributed by atoms with van der Waals surface area (Å²) in [4.78, 5) is 68.2. The van der Waals surface area contributed by atoms with Crippen LogP contribution in [0.1, 0.15) is 59.6 Å². The quantitative estimate of drug-likeness (QED) is 0.238. The molecule has 1 amide bonds. The van der Waals surface area contributed by atoms with E-state index in [1.54, 1.807) is 17.9 Å². The number of rotatable bonds is 8. The average Bonchev–Trinajstić information content (AvgIpc) is 3.45. The van der Waals surface area contributed by atoms with Crippen molar-refractivity contribution in [2.75, 3.05) is 34.4 Å². The highest BCUT2D eigenvalue weighted by Gasteiger charge is 2.61. The number of piperidine rings is 1. The number of allylic oxidation sites excluding steroid dienone is 1. The van der Waals surface area contributed by atoms with Crippen LogP contribution in [0.15, 0.2) is 52.5 Å². The number of hydrogen-bond acceptors (Lipinski definition) is 12. The first-order valence-electron chi connectivity index (χ1n) is 16.9. The summed E-state index contributed by atoms with van der Waals surface area (Å²) in [5, 5.41) is 34.1. The molecule has 1 fully saturated rings. The number of aromatic nitrogens is 1. The Morgan fingerprint density at radius 2 is 1.75 bits per heavy atom. The van der Waals surface area contributed by atoms with E-state index in [9.17, 15) is 39.5 Å². The molecule has 7 rings (SSSR count). The van der Waals surface area contributed by atoms with Gasteiger partial charge in [0.25, 0.3) is 0 Å². The lowest BCUT2D eigenvalue weighted by atomic mass is 9.69. The van der Waals surface area contributed by atoms with Gasteiger partial charge in [0.15, 0.2) is 28.8 Å². The molecule has 5 atom stereocenters. The molecule has 2 bridgehead atoms. The first kappa shape index (κ1) is 35.8. The zero-order valence-electron chi connectivity index (χ0n) is 29.2. The van der Waals surface area contributed by atoms with E-state index in [0.717, 1.165) is 0 Å². The molecule has 1 saturated heterocycles. The van der Waals surface area contributed by atoms with Crippen molar-refractivity contribution in [3.8, 4) is 28.7 Å². The fraction of sp³-hybridized carbons (Fsp3) is 0.405. The largest absolute Gasteiger partial charge is 0.507 e. The third kappa shape index (κ3) is 5.47. The van der Waals surface area contributed by atoms with Gasteiger partial charge in [-0.2, -0.15) is 0 Å². The lowest BCUT2D eigenvalue weighted by molar-refractivity contribution is -0.386. The third-order valence-corrected chi connectivity index (χ3v) is 11.3. The summed E-state index contributed by atoms with van der Waals surface area (Å²) in [5.74, 6) is -4.70. The van der Waals surface area contributed by atoms with E-state index < -0.39 is 50.9 Å². The van der Waals surface area contributed by atoms with Crippen LogP contribution in [0.25, 0.3) is 0 Å². The van der Waals surface area contributed by atoms with Gasteiger partial charge in [-0.25, -0.2) is 0 Å².